The number of ether oxygens (including phenoxy) is 2. The summed E-state index contributed by atoms with van der Waals surface area (Å²) in [6, 6.07) is 10.1. The van der Waals surface area contributed by atoms with Crippen molar-refractivity contribution in [3.8, 4) is 22.9 Å². The number of halogens is 1. The summed E-state index contributed by atoms with van der Waals surface area (Å²) in [5.41, 5.74) is 2.26. The van der Waals surface area contributed by atoms with Gasteiger partial charge in [-0.15, -0.1) is 0 Å². The minimum atomic E-state index is -0.288. The van der Waals surface area contributed by atoms with E-state index in [9.17, 15) is 4.39 Å². The Kier molecular flexibility index (Phi) is 3.96. The molecule has 114 valence electrons. The molecule has 0 aliphatic heterocycles. The maximum absolute atomic E-state index is 13.3. The zero-order valence-electron chi connectivity index (χ0n) is 12.5. The molecule has 0 fully saturated rings. The molecule has 22 heavy (non-hydrogen) atoms. The average Bonchev–Trinajstić information content (AvgIpc) is 2.92. The summed E-state index contributed by atoms with van der Waals surface area (Å²) in [4.78, 5) is 7.61. The van der Waals surface area contributed by atoms with Crippen LogP contribution in [-0.4, -0.2) is 23.2 Å². The van der Waals surface area contributed by atoms with Gasteiger partial charge in [0.25, 0.3) is 0 Å². The van der Waals surface area contributed by atoms with Gasteiger partial charge in [0.2, 0.25) is 0 Å². The van der Waals surface area contributed by atoms with Gasteiger partial charge in [-0.05, 0) is 50.2 Å². The molecule has 0 aliphatic rings. The van der Waals surface area contributed by atoms with Gasteiger partial charge in [0.1, 0.15) is 11.6 Å². The van der Waals surface area contributed by atoms with Crippen molar-refractivity contribution in [1.82, 2.24) is 9.97 Å². The topological polar surface area (TPSA) is 47.1 Å². The van der Waals surface area contributed by atoms with Gasteiger partial charge in [0.15, 0.2) is 11.5 Å². The molecule has 1 aromatic heterocycles. The van der Waals surface area contributed by atoms with E-state index in [0.717, 1.165) is 11.1 Å². The molecule has 0 amide bonds. The number of imidazole rings is 1. The summed E-state index contributed by atoms with van der Waals surface area (Å²) in [5.74, 6) is 1.76. The molecule has 0 spiro atoms. The fourth-order valence-corrected chi connectivity index (χ4v) is 2.32. The molecule has 1 heterocycles. The lowest BCUT2D eigenvalue weighted by Crippen LogP contribution is -1.98. The highest BCUT2D eigenvalue weighted by molar-refractivity contribution is 5.79. The van der Waals surface area contributed by atoms with E-state index in [1.54, 1.807) is 6.07 Å². The third-order valence-electron chi connectivity index (χ3n) is 3.26. The molecule has 2 aromatic carbocycles. The first kappa shape index (κ1) is 14.4. The number of nitrogens with zero attached hydrogens (tertiary/aromatic N) is 1. The molecule has 0 aliphatic carbocycles. The SMILES string of the molecule is CCOc1ccc(-c2nc3ccc(F)cc3[nH]2)cc1OCC. The van der Waals surface area contributed by atoms with Crippen LogP contribution in [0, 0.1) is 5.82 Å². The van der Waals surface area contributed by atoms with Gasteiger partial charge in [-0.25, -0.2) is 9.37 Å². The fraction of sp³-hybridized carbons (Fsp3) is 0.235. The summed E-state index contributed by atoms with van der Waals surface area (Å²) in [5, 5.41) is 0. The number of aromatic nitrogens is 2. The molecule has 4 nitrogen and oxygen atoms in total. The molecule has 0 radical (unpaired) electrons. The van der Waals surface area contributed by atoms with Crippen LogP contribution in [0.4, 0.5) is 4.39 Å². The standard InChI is InChI=1S/C17H17FN2O2/c1-3-21-15-8-5-11(9-16(15)22-4-2)17-19-13-7-6-12(18)10-14(13)20-17/h5-10H,3-4H2,1-2H3,(H,19,20). The zero-order chi connectivity index (χ0) is 15.5. The van der Waals surface area contributed by atoms with Crippen LogP contribution < -0.4 is 9.47 Å². The summed E-state index contributed by atoms with van der Waals surface area (Å²) < 4.78 is 24.4. The second-order valence-corrected chi connectivity index (χ2v) is 4.77. The van der Waals surface area contributed by atoms with Crippen LogP contribution in [-0.2, 0) is 0 Å². The van der Waals surface area contributed by atoms with Crippen molar-refractivity contribution in [2.45, 2.75) is 13.8 Å². The lowest BCUT2D eigenvalue weighted by Gasteiger charge is -2.11. The number of aromatic amines is 1. The first-order valence-electron chi connectivity index (χ1n) is 7.26. The summed E-state index contributed by atoms with van der Waals surface area (Å²) in [6.45, 7) is 4.97. The van der Waals surface area contributed by atoms with E-state index in [-0.39, 0.29) is 5.82 Å². The fourth-order valence-electron chi connectivity index (χ4n) is 2.32. The van der Waals surface area contributed by atoms with E-state index in [2.05, 4.69) is 9.97 Å². The molecule has 1 N–H and O–H groups in total. The van der Waals surface area contributed by atoms with Crippen LogP contribution >= 0.6 is 0 Å². The highest BCUT2D eigenvalue weighted by atomic mass is 19.1. The van der Waals surface area contributed by atoms with Crippen molar-refractivity contribution < 1.29 is 13.9 Å². The minimum Gasteiger partial charge on any atom is -0.490 e. The number of nitrogens with one attached hydrogen (secondary N) is 1. The molecular formula is C17H17FN2O2. The van der Waals surface area contributed by atoms with Crippen molar-refractivity contribution in [3.05, 3.63) is 42.2 Å². The maximum atomic E-state index is 13.3. The average molecular weight is 300 g/mol. The predicted octanol–water partition coefficient (Wildman–Crippen LogP) is 4.17. The molecule has 5 heteroatoms. The molecule has 0 saturated heterocycles. The summed E-state index contributed by atoms with van der Waals surface area (Å²) >= 11 is 0. The van der Waals surface area contributed by atoms with E-state index >= 15 is 0 Å². The van der Waals surface area contributed by atoms with Crippen LogP contribution in [0.5, 0.6) is 11.5 Å². The predicted molar refractivity (Wildman–Crippen MR) is 83.8 cm³/mol. The van der Waals surface area contributed by atoms with Crippen LogP contribution in [0.1, 0.15) is 13.8 Å². The molecule has 3 aromatic rings. The van der Waals surface area contributed by atoms with Crippen LogP contribution in [0.15, 0.2) is 36.4 Å². The lowest BCUT2D eigenvalue weighted by molar-refractivity contribution is 0.288. The molecule has 0 bridgehead atoms. The Bertz CT molecular complexity index is 798. The lowest BCUT2D eigenvalue weighted by atomic mass is 10.2. The summed E-state index contributed by atoms with van der Waals surface area (Å²) in [7, 11) is 0. The second kappa shape index (κ2) is 6.05. The first-order chi connectivity index (χ1) is 10.7. The third kappa shape index (κ3) is 2.74. The number of hydrogen-bond donors (Lipinski definition) is 1. The highest BCUT2D eigenvalue weighted by Crippen LogP contribution is 2.32. The Hall–Kier alpha value is -2.56. The Balaban J connectivity index is 2.03. The van der Waals surface area contributed by atoms with E-state index < -0.39 is 0 Å². The zero-order valence-corrected chi connectivity index (χ0v) is 12.5. The molecule has 0 unspecified atom stereocenters. The second-order valence-electron chi connectivity index (χ2n) is 4.77. The quantitative estimate of drug-likeness (QED) is 0.769. The Labute approximate surface area is 127 Å². The normalized spacial score (nSPS) is 10.9. The van der Waals surface area contributed by atoms with Crippen molar-refractivity contribution in [1.29, 1.82) is 0 Å². The number of fused-ring (bicyclic) bond motifs is 1. The van der Waals surface area contributed by atoms with E-state index in [4.69, 9.17) is 9.47 Å². The van der Waals surface area contributed by atoms with Crippen molar-refractivity contribution in [2.75, 3.05) is 13.2 Å². The minimum absolute atomic E-state index is 0.288. The Morgan fingerprint density at radius 1 is 1.00 bits per heavy atom. The smallest absolute Gasteiger partial charge is 0.161 e. The van der Waals surface area contributed by atoms with Gasteiger partial charge in [-0.2, -0.15) is 0 Å². The maximum Gasteiger partial charge on any atom is 0.161 e. The van der Waals surface area contributed by atoms with Crippen LogP contribution in [0.2, 0.25) is 0 Å². The van der Waals surface area contributed by atoms with E-state index in [1.165, 1.54) is 12.1 Å². The number of H-pyrrole nitrogens is 1. The Morgan fingerprint density at radius 3 is 2.55 bits per heavy atom. The monoisotopic (exact) mass is 300 g/mol. The van der Waals surface area contributed by atoms with Gasteiger partial charge in [-0.1, -0.05) is 0 Å². The van der Waals surface area contributed by atoms with Crippen molar-refractivity contribution >= 4 is 11.0 Å². The van der Waals surface area contributed by atoms with Crippen LogP contribution in [0.3, 0.4) is 0 Å². The number of benzene rings is 2. The van der Waals surface area contributed by atoms with Gasteiger partial charge in [-0.3, -0.25) is 0 Å². The van der Waals surface area contributed by atoms with Crippen molar-refractivity contribution in [2.24, 2.45) is 0 Å². The van der Waals surface area contributed by atoms with Gasteiger partial charge in [0, 0.05) is 5.56 Å². The van der Waals surface area contributed by atoms with E-state index in [1.807, 2.05) is 32.0 Å². The number of hydrogen-bond acceptors (Lipinski definition) is 3. The Morgan fingerprint density at radius 2 is 1.77 bits per heavy atom. The first-order valence-corrected chi connectivity index (χ1v) is 7.26. The molecular weight excluding hydrogens is 283 g/mol. The van der Waals surface area contributed by atoms with Gasteiger partial charge < -0.3 is 14.5 Å². The summed E-state index contributed by atoms with van der Waals surface area (Å²) in [6.07, 6.45) is 0. The van der Waals surface area contributed by atoms with Crippen molar-refractivity contribution in [3.63, 3.8) is 0 Å². The van der Waals surface area contributed by atoms with Gasteiger partial charge in [0.05, 0.1) is 24.2 Å². The largest absolute Gasteiger partial charge is 0.490 e. The van der Waals surface area contributed by atoms with Crippen LogP contribution in [0.25, 0.3) is 22.4 Å². The molecule has 0 atom stereocenters. The number of rotatable bonds is 5. The molecule has 3 rings (SSSR count). The van der Waals surface area contributed by atoms with E-state index in [0.29, 0.717) is 36.1 Å². The third-order valence-corrected chi connectivity index (χ3v) is 3.26. The van der Waals surface area contributed by atoms with Gasteiger partial charge >= 0.3 is 0 Å². The molecule has 0 saturated carbocycles. The highest BCUT2D eigenvalue weighted by Gasteiger charge is 2.11.